The molecule has 6 nitrogen and oxygen atoms in total. The normalized spacial score (nSPS) is 10.2. The van der Waals surface area contributed by atoms with Crippen LogP contribution in [0, 0.1) is 24.1 Å². The Balaban J connectivity index is 0.00000158. The van der Waals surface area contributed by atoms with Crippen molar-refractivity contribution in [1.29, 1.82) is 5.26 Å². The molecule has 172 valence electrons. The quantitative estimate of drug-likeness (QED) is 0.336. The summed E-state index contributed by atoms with van der Waals surface area (Å²) < 4.78 is 20.7. The number of hydrogen-bond acceptors (Lipinski definition) is 4. The number of amides is 1. The van der Waals surface area contributed by atoms with E-state index in [0.29, 0.717) is 5.69 Å². The number of rotatable bonds is 5. The number of nitrogens with one attached hydrogen (secondary N) is 2. The fourth-order valence-electron chi connectivity index (χ4n) is 3.25. The number of aromatic nitrogens is 1. The molecule has 0 saturated carbocycles. The van der Waals surface area contributed by atoms with E-state index in [1.54, 1.807) is 6.07 Å². The Morgan fingerprint density at radius 2 is 1.91 bits per heavy atom. The van der Waals surface area contributed by atoms with Gasteiger partial charge in [-0.05, 0) is 49.4 Å². The number of nitriles is 1. The van der Waals surface area contributed by atoms with Crippen molar-refractivity contribution in [1.82, 2.24) is 10.3 Å². The average molecular weight is 498 g/mol. The molecule has 0 aliphatic carbocycles. The number of fused-ring (bicyclic) bond motifs is 1. The summed E-state index contributed by atoms with van der Waals surface area (Å²) in [7, 11) is 0. The summed E-state index contributed by atoms with van der Waals surface area (Å²) in [5.41, 5.74) is 2.75. The molecule has 4 aromatic rings. The topological polar surface area (TPSA) is 95.0 Å². The summed E-state index contributed by atoms with van der Waals surface area (Å²) >= 11 is 12.1. The highest BCUT2D eigenvalue weighted by Crippen LogP contribution is 2.35. The zero-order valence-electron chi connectivity index (χ0n) is 17.9. The molecule has 0 aliphatic rings. The highest BCUT2D eigenvalue weighted by Gasteiger charge is 2.17. The number of carbonyl (C=O) groups is 2. The standard InChI is InChI=1S/C24H16Cl2FN3O2.CH2O/c1-13-2-5-20-16(6-13)9-21(30-20)24(31)29-12-15-3-4-19(26)23(22(15)27)32-18-8-14(11-28)7-17(25)10-18;1-2/h2-10,30H,12H2,1H3,(H,29,31);1H2. The molecular formula is C25H18Cl2FN3O3. The Bertz CT molecular complexity index is 1410. The van der Waals surface area contributed by atoms with Crippen LogP contribution < -0.4 is 10.1 Å². The lowest BCUT2D eigenvalue weighted by Gasteiger charge is -2.13. The Morgan fingerprint density at radius 1 is 1.15 bits per heavy atom. The highest BCUT2D eigenvalue weighted by atomic mass is 35.5. The van der Waals surface area contributed by atoms with Gasteiger partial charge in [-0.3, -0.25) is 4.79 Å². The molecule has 1 heterocycles. The van der Waals surface area contributed by atoms with Crippen LogP contribution in [0.3, 0.4) is 0 Å². The highest BCUT2D eigenvalue weighted by molar-refractivity contribution is 6.32. The second-order valence-corrected chi connectivity index (χ2v) is 8.04. The van der Waals surface area contributed by atoms with E-state index in [9.17, 15) is 4.79 Å². The van der Waals surface area contributed by atoms with Gasteiger partial charge in [-0.15, -0.1) is 0 Å². The molecule has 2 N–H and O–H groups in total. The molecule has 1 amide bonds. The maximum Gasteiger partial charge on any atom is 0.267 e. The molecule has 9 heteroatoms. The average Bonchev–Trinajstić information content (AvgIpc) is 3.25. The van der Waals surface area contributed by atoms with Crippen molar-refractivity contribution < 1.29 is 18.7 Å². The van der Waals surface area contributed by atoms with Crippen LogP contribution >= 0.6 is 23.2 Å². The Hall–Kier alpha value is -3.86. The number of ether oxygens (including phenoxy) is 1. The molecule has 3 aromatic carbocycles. The van der Waals surface area contributed by atoms with E-state index >= 15 is 4.39 Å². The molecule has 0 radical (unpaired) electrons. The first-order chi connectivity index (χ1) is 16.3. The monoisotopic (exact) mass is 497 g/mol. The number of nitrogens with zero attached hydrogens (tertiary/aromatic N) is 1. The zero-order chi connectivity index (χ0) is 24.8. The smallest absolute Gasteiger partial charge is 0.267 e. The van der Waals surface area contributed by atoms with Gasteiger partial charge in [0.05, 0.1) is 16.7 Å². The maximum absolute atomic E-state index is 15.1. The summed E-state index contributed by atoms with van der Waals surface area (Å²) in [6.07, 6.45) is 0. The lowest BCUT2D eigenvalue weighted by molar-refractivity contribution is -0.0980. The second-order valence-electron chi connectivity index (χ2n) is 7.20. The molecule has 0 spiro atoms. The van der Waals surface area contributed by atoms with Crippen LogP contribution in [0.25, 0.3) is 10.9 Å². The largest absolute Gasteiger partial charge is 0.453 e. The van der Waals surface area contributed by atoms with Crippen molar-refractivity contribution in [2.24, 2.45) is 0 Å². The summed E-state index contributed by atoms with van der Waals surface area (Å²) in [5, 5.41) is 13.0. The van der Waals surface area contributed by atoms with Gasteiger partial charge in [0, 0.05) is 28.0 Å². The van der Waals surface area contributed by atoms with Crippen molar-refractivity contribution in [3.8, 4) is 17.6 Å². The van der Waals surface area contributed by atoms with Crippen LogP contribution in [0.4, 0.5) is 4.39 Å². The van der Waals surface area contributed by atoms with Gasteiger partial charge < -0.3 is 19.8 Å². The van der Waals surface area contributed by atoms with Gasteiger partial charge >= 0.3 is 0 Å². The molecule has 0 bridgehead atoms. The summed E-state index contributed by atoms with van der Waals surface area (Å²) in [5.74, 6) is -1.14. The minimum Gasteiger partial charge on any atom is -0.453 e. The number of H-pyrrole nitrogens is 1. The van der Waals surface area contributed by atoms with Crippen LogP contribution in [0.5, 0.6) is 11.5 Å². The van der Waals surface area contributed by atoms with Gasteiger partial charge in [-0.2, -0.15) is 5.26 Å². The van der Waals surface area contributed by atoms with Gasteiger partial charge in [-0.25, -0.2) is 4.39 Å². The first kappa shape index (κ1) is 24.8. The summed E-state index contributed by atoms with van der Waals surface area (Å²) in [6.45, 7) is 3.89. The molecule has 0 atom stereocenters. The Morgan fingerprint density at radius 3 is 2.65 bits per heavy atom. The summed E-state index contributed by atoms with van der Waals surface area (Å²) in [6, 6.07) is 16.8. The van der Waals surface area contributed by atoms with E-state index in [0.717, 1.165) is 16.5 Å². The van der Waals surface area contributed by atoms with Crippen LogP contribution in [0.2, 0.25) is 10.0 Å². The Labute approximate surface area is 204 Å². The molecule has 0 aliphatic heterocycles. The van der Waals surface area contributed by atoms with E-state index < -0.39 is 5.82 Å². The second kappa shape index (κ2) is 10.8. The number of aromatic amines is 1. The lowest BCUT2D eigenvalue weighted by Crippen LogP contribution is -2.23. The summed E-state index contributed by atoms with van der Waals surface area (Å²) in [4.78, 5) is 23.6. The van der Waals surface area contributed by atoms with Gasteiger partial charge in [0.1, 0.15) is 18.2 Å². The van der Waals surface area contributed by atoms with Gasteiger partial charge in [-0.1, -0.05) is 40.9 Å². The first-order valence-corrected chi connectivity index (χ1v) is 10.6. The van der Waals surface area contributed by atoms with Gasteiger partial charge in [0.2, 0.25) is 0 Å². The number of hydrogen-bond donors (Lipinski definition) is 2. The zero-order valence-corrected chi connectivity index (χ0v) is 19.4. The third-order valence-corrected chi connectivity index (χ3v) is 5.33. The van der Waals surface area contributed by atoms with Gasteiger partial charge in [0.15, 0.2) is 11.6 Å². The molecule has 34 heavy (non-hydrogen) atoms. The minimum atomic E-state index is -0.719. The van der Waals surface area contributed by atoms with Crippen LogP contribution in [0.15, 0.2) is 54.6 Å². The molecule has 0 unspecified atom stereocenters. The first-order valence-electron chi connectivity index (χ1n) is 9.86. The third kappa shape index (κ3) is 5.54. The lowest BCUT2D eigenvalue weighted by atomic mass is 10.1. The Kier molecular flexibility index (Phi) is 7.90. The SMILES string of the molecule is C=O.Cc1ccc2[nH]c(C(=O)NCc3ccc(Cl)c(Oc4cc(Cl)cc(C#N)c4)c3F)cc2c1. The van der Waals surface area contributed by atoms with E-state index in [1.165, 1.54) is 30.3 Å². The van der Waals surface area contributed by atoms with Crippen molar-refractivity contribution in [3.63, 3.8) is 0 Å². The van der Waals surface area contributed by atoms with Crippen LogP contribution in [0.1, 0.15) is 27.2 Å². The van der Waals surface area contributed by atoms with Crippen molar-refractivity contribution >= 4 is 46.8 Å². The number of benzene rings is 3. The number of aryl methyl sites for hydroxylation is 1. The molecular weight excluding hydrogens is 480 g/mol. The molecule has 4 rings (SSSR count). The maximum atomic E-state index is 15.1. The van der Waals surface area contributed by atoms with Crippen LogP contribution in [-0.4, -0.2) is 17.7 Å². The number of halogens is 3. The number of carbonyl (C=O) groups excluding carboxylic acids is 2. The predicted octanol–water partition coefficient (Wildman–Crippen LogP) is 6.33. The molecule has 1 aromatic heterocycles. The van der Waals surface area contributed by atoms with Crippen molar-refractivity contribution in [2.45, 2.75) is 13.5 Å². The fourth-order valence-corrected chi connectivity index (χ4v) is 3.66. The minimum absolute atomic E-state index is 0.0436. The third-order valence-electron chi connectivity index (χ3n) is 4.81. The molecule has 0 fully saturated rings. The van der Waals surface area contributed by atoms with Crippen molar-refractivity contribution in [3.05, 3.63) is 92.8 Å². The van der Waals surface area contributed by atoms with E-state index in [1.807, 2.05) is 38.0 Å². The fraction of sp³-hybridized carbons (Fsp3) is 0.0800. The van der Waals surface area contributed by atoms with E-state index in [4.69, 9.17) is 38.0 Å². The van der Waals surface area contributed by atoms with Crippen LogP contribution in [-0.2, 0) is 11.3 Å². The van der Waals surface area contributed by atoms with E-state index in [2.05, 4.69) is 10.3 Å². The molecule has 0 saturated heterocycles. The van der Waals surface area contributed by atoms with Gasteiger partial charge in [0.25, 0.3) is 5.91 Å². The predicted molar refractivity (Wildman–Crippen MR) is 129 cm³/mol. The van der Waals surface area contributed by atoms with Crippen molar-refractivity contribution in [2.75, 3.05) is 0 Å². The van der Waals surface area contributed by atoms with E-state index in [-0.39, 0.29) is 45.1 Å².